The second kappa shape index (κ2) is 4.14. The smallest absolute Gasteiger partial charge is 0.124 e. The quantitative estimate of drug-likeness (QED) is 0.511. The normalized spacial score (nSPS) is 11.2. The van der Waals surface area contributed by atoms with Gasteiger partial charge in [-0.25, -0.2) is 0 Å². The summed E-state index contributed by atoms with van der Waals surface area (Å²) in [5, 5.41) is 12.5. The van der Waals surface area contributed by atoms with Crippen molar-refractivity contribution in [2.45, 2.75) is 0 Å². The summed E-state index contributed by atoms with van der Waals surface area (Å²) in [6.45, 7) is 0. The van der Waals surface area contributed by atoms with Gasteiger partial charge in [-0.1, -0.05) is 48.5 Å². The number of rotatable bonds is 1. The molecule has 96 valence electrons. The highest BCUT2D eigenvalue weighted by Gasteiger charge is 2.10. The minimum Gasteiger partial charge on any atom is -0.507 e. The Kier molecular flexibility index (Phi) is 2.30. The third-order valence-corrected chi connectivity index (χ3v) is 3.71. The van der Waals surface area contributed by atoms with E-state index in [2.05, 4.69) is 17.1 Å². The first-order chi connectivity index (χ1) is 9.83. The molecule has 20 heavy (non-hydrogen) atoms. The van der Waals surface area contributed by atoms with Crippen LogP contribution in [0, 0.1) is 0 Å². The number of benzene rings is 3. The first-order valence-corrected chi connectivity index (χ1v) is 6.62. The second-order valence-corrected chi connectivity index (χ2v) is 4.95. The SMILES string of the molecule is Oc1cc2c(cc1-c1ccccc1)[nH]c1ccccc12. The highest BCUT2D eigenvalue weighted by molar-refractivity contribution is 6.09. The van der Waals surface area contributed by atoms with E-state index in [1.807, 2.05) is 54.6 Å². The predicted molar refractivity (Wildman–Crippen MR) is 82.9 cm³/mol. The van der Waals surface area contributed by atoms with E-state index in [1.54, 1.807) is 0 Å². The van der Waals surface area contributed by atoms with Crippen LogP contribution < -0.4 is 0 Å². The van der Waals surface area contributed by atoms with E-state index in [0.29, 0.717) is 5.75 Å². The van der Waals surface area contributed by atoms with Gasteiger partial charge in [-0.2, -0.15) is 0 Å². The lowest BCUT2D eigenvalue weighted by Crippen LogP contribution is -1.79. The average molecular weight is 259 g/mol. The minimum absolute atomic E-state index is 0.313. The van der Waals surface area contributed by atoms with Crippen molar-refractivity contribution < 1.29 is 5.11 Å². The number of hydrogen-bond acceptors (Lipinski definition) is 1. The van der Waals surface area contributed by atoms with Crippen LogP contribution >= 0.6 is 0 Å². The topological polar surface area (TPSA) is 36.0 Å². The van der Waals surface area contributed by atoms with Crippen LogP contribution in [0.4, 0.5) is 0 Å². The number of nitrogens with one attached hydrogen (secondary N) is 1. The molecule has 0 aliphatic rings. The van der Waals surface area contributed by atoms with E-state index in [4.69, 9.17) is 0 Å². The maximum Gasteiger partial charge on any atom is 0.124 e. The van der Waals surface area contributed by atoms with E-state index in [1.165, 1.54) is 0 Å². The first-order valence-electron chi connectivity index (χ1n) is 6.62. The summed E-state index contributed by atoms with van der Waals surface area (Å²) < 4.78 is 0. The van der Waals surface area contributed by atoms with Gasteiger partial charge in [0, 0.05) is 27.4 Å². The van der Waals surface area contributed by atoms with Crippen molar-refractivity contribution in [3.8, 4) is 16.9 Å². The molecule has 0 bridgehead atoms. The largest absolute Gasteiger partial charge is 0.507 e. The monoisotopic (exact) mass is 259 g/mol. The van der Waals surface area contributed by atoms with Crippen molar-refractivity contribution in [1.29, 1.82) is 0 Å². The molecular formula is C18H13NO. The molecule has 0 aliphatic heterocycles. The van der Waals surface area contributed by atoms with Crippen molar-refractivity contribution in [1.82, 2.24) is 4.98 Å². The average Bonchev–Trinajstić information content (AvgIpc) is 2.85. The van der Waals surface area contributed by atoms with E-state index in [9.17, 15) is 5.11 Å². The van der Waals surface area contributed by atoms with Crippen molar-refractivity contribution in [3.63, 3.8) is 0 Å². The van der Waals surface area contributed by atoms with Crippen molar-refractivity contribution >= 4 is 21.8 Å². The summed E-state index contributed by atoms with van der Waals surface area (Å²) >= 11 is 0. The molecular weight excluding hydrogens is 246 g/mol. The van der Waals surface area contributed by atoms with Crippen LogP contribution in [0.2, 0.25) is 0 Å². The number of aromatic amines is 1. The van der Waals surface area contributed by atoms with Crippen LogP contribution in [0.3, 0.4) is 0 Å². The van der Waals surface area contributed by atoms with Gasteiger partial charge >= 0.3 is 0 Å². The zero-order chi connectivity index (χ0) is 13.5. The van der Waals surface area contributed by atoms with Gasteiger partial charge in [0.1, 0.15) is 5.75 Å². The Bertz CT molecular complexity index is 907. The number of fused-ring (bicyclic) bond motifs is 3. The fraction of sp³-hybridized carbons (Fsp3) is 0. The molecule has 0 aliphatic carbocycles. The van der Waals surface area contributed by atoms with Gasteiger partial charge in [0.25, 0.3) is 0 Å². The maximum atomic E-state index is 10.3. The van der Waals surface area contributed by atoms with E-state index < -0.39 is 0 Å². The summed E-state index contributed by atoms with van der Waals surface area (Å²) in [4.78, 5) is 3.40. The number of para-hydroxylation sites is 1. The van der Waals surface area contributed by atoms with Crippen LogP contribution in [0.15, 0.2) is 66.7 Å². The van der Waals surface area contributed by atoms with E-state index in [-0.39, 0.29) is 0 Å². The molecule has 2 heteroatoms. The molecule has 0 saturated carbocycles. The Labute approximate surface area is 116 Å². The summed E-state index contributed by atoms with van der Waals surface area (Å²) in [6, 6.07) is 21.9. The molecule has 0 unspecified atom stereocenters. The first kappa shape index (κ1) is 11.1. The van der Waals surface area contributed by atoms with Gasteiger partial charge in [0.15, 0.2) is 0 Å². The number of phenolic OH excluding ortho intramolecular Hbond substituents is 1. The van der Waals surface area contributed by atoms with Gasteiger partial charge in [-0.05, 0) is 23.8 Å². The third kappa shape index (κ3) is 1.58. The fourth-order valence-corrected chi connectivity index (χ4v) is 2.74. The number of aromatic nitrogens is 1. The highest BCUT2D eigenvalue weighted by Crippen LogP contribution is 2.36. The minimum atomic E-state index is 0.313. The highest BCUT2D eigenvalue weighted by atomic mass is 16.3. The van der Waals surface area contributed by atoms with Gasteiger partial charge in [0.05, 0.1) is 0 Å². The van der Waals surface area contributed by atoms with Gasteiger partial charge in [0.2, 0.25) is 0 Å². The number of aromatic hydroxyl groups is 1. The predicted octanol–water partition coefficient (Wildman–Crippen LogP) is 4.69. The summed E-state index contributed by atoms with van der Waals surface area (Å²) in [5.74, 6) is 0.313. The molecule has 2 nitrogen and oxygen atoms in total. The number of phenols is 1. The Morgan fingerprint density at radius 1 is 0.700 bits per heavy atom. The molecule has 4 rings (SSSR count). The standard InChI is InChI=1S/C18H13NO/c20-18-11-15-13-8-4-5-9-16(13)19-17(15)10-14(18)12-6-2-1-3-7-12/h1-11,19-20H. The summed E-state index contributed by atoms with van der Waals surface area (Å²) in [5.41, 5.74) is 4.00. The maximum absolute atomic E-state index is 10.3. The molecule has 4 aromatic rings. The number of hydrogen-bond donors (Lipinski definition) is 2. The molecule has 0 atom stereocenters. The fourth-order valence-electron chi connectivity index (χ4n) is 2.74. The van der Waals surface area contributed by atoms with Gasteiger partial charge in [-0.15, -0.1) is 0 Å². The van der Waals surface area contributed by atoms with E-state index >= 15 is 0 Å². The third-order valence-electron chi connectivity index (χ3n) is 3.71. The molecule has 0 fully saturated rings. The van der Waals surface area contributed by atoms with Crippen LogP contribution in [-0.2, 0) is 0 Å². The molecule has 0 radical (unpaired) electrons. The van der Waals surface area contributed by atoms with Crippen LogP contribution in [0.25, 0.3) is 32.9 Å². The molecule has 2 N–H and O–H groups in total. The lowest BCUT2D eigenvalue weighted by atomic mass is 10.0. The van der Waals surface area contributed by atoms with Crippen LogP contribution in [0.1, 0.15) is 0 Å². The second-order valence-electron chi connectivity index (χ2n) is 4.95. The zero-order valence-electron chi connectivity index (χ0n) is 10.8. The molecule has 0 saturated heterocycles. The summed E-state index contributed by atoms with van der Waals surface area (Å²) in [7, 11) is 0. The number of H-pyrrole nitrogens is 1. The Hall–Kier alpha value is -2.74. The van der Waals surface area contributed by atoms with Gasteiger partial charge < -0.3 is 10.1 Å². The molecule has 1 aromatic heterocycles. The van der Waals surface area contributed by atoms with Gasteiger partial charge in [-0.3, -0.25) is 0 Å². The van der Waals surface area contributed by atoms with Crippen molar-refractivity contribution in [2.24, 2.45) is 0 Å². The van der Waals surface area contributed by atoms with Crippen LogP contribution in [-0.4, -0.2) is 10.1 Å². The Balaban J connectivity index is 2.05. The molecule has 1 heterocycles. The zero-order valence-corrected chi connectivity index (χ0v) is 10.8. The summed E-state index contributed by atoms with van der Waals surface area (Å²) in [6.07, 6.45) is 0. The van der Waals surface area contributed by atoms with Crippen LogP contribution in [0.5, 0.6) is 5.75 Å². The Morgan fingerprint density at radius 2 is 1.45 bits per heavy atom. The lowest BCUT2D eigenvalue weighted by Gasteiger charge is -2.05. The van der Waals surface area contributed by atoms with Crippen molar-refractivity contribution in [3.05, 3.63) is 66.7 Å². The molecule has 0 amide bonds. The Morgan fingerprint density at radius 3 is 2.30 bits per heavy atom. The van der Waals surface area contributed by atoms with Crippen molar-refractivity contribution in [2.75, 3.05) is 0 Å². The molecule has 0 spiro atoms. The lowest BCUT2D eigenvalue weighted by molar-refractivity contribution is 0.478. The molecule has 3 aromatic carbocycles. The van der Waals surface area contributed by atoms with E-state index in [0.717, 1.165) is 32.9 Å².